The summed E-state index contributed by atoms with van der Waals surface area (Å²) >= 11 is 7.12. The molecule has 9 nitrogen and oxygen atoms in total. The molecule has 3 heterocycles. The number of thiophene rings is 1. The van der Waals surface area contributed by atoms with E-state index in [1.807, 2.05) is 0 Å². The third kappa shape index (κ3) is 4.33. The van der Waals surface area contributed by atoms with Crippen molar-refractivity contribution < 1.29 is 22.5 Å². The highest BCUT2D eigenvalue weighted by Gasteiger charge is 2.26. The molecule has 1 fully saturated rings. The molecular weight excluding hydrogens is 452 g/mol. The Morgan fingerprint density at radius 2 is 2.03 bits per heavy atom. The third-order valence-corrected chi connectivity index (χ3v) is 7.28. The number of hydrogen-bond acceptors (Lipinski definition) is 8. The van der Waals surface area contributed by atoms with Crippen LogP contribution in [0.25, 0.3) is 10.7 Å². The number of nitrogens with one attached hydrogen (secondary N) is 1. The number of morpholine rings is 1. The Balaban J connectivity index is 1.57. The number of carbonyl (C=O) groups excluding carboxylic acids is 1. The smallest absolute Gasteiger partial charge is 0.316 e. The van der Waals surface area contributed by atoms with Crippen molar-refractivity contribution in [2.75, 3.05) is 31.0 Å². The molecular formula is C18H17ClN4O5S2. The number of halogens is 1. The van der Waals surface area contributed by atoms with E-state index in [2.05, 4.69) is 14.9 Å². The number of anilines is 1. The van der Waals surface area contributed by atoms with Crippen LogP contribution in [0.5, 0.6) is 0 Å². The first-order valence-electron chi connectivity index (χ1n) is 8.93. The number of amides is 1. The van der Waals surface area contributed by atoms with Crippen LogP contribution < -0.4 is 4.72 Å². The van der Waals surface area contributed by atoms with Crippen molar-refractivity contribution >= 4 is 44.6 Å². The quantitative estimate of drug-likeness (QED) is 0.611. The zero-order valence-corrected chi connectivity index (χ0v) is 18.2. The fraction of sp³-hybridized carbons (Fsp3) is 0.278. The van der Waals surface area contributed by atoms with Gasteiger partial charge in [-0.3, -0.25) is 9.52 Å². The molecule has 0 radical (unpaired) electrons. The van der Waals surface area contributed by atoms with Crippen molar-refractivity contribution in [1.82, 2.24) is 15.0 Å². The average molecular weight is 469 g/mol. The van der Waals surface area contributed by atoms with Crippen LogP contribution in [0.4, 0.5) is 5.69 Å². The fourth-order valence-corrected chi connectivity index (χ4v) is 5.67. The predicted molar refractivity (Wildman–Crippen MR) is 111 cm³/mol. The van der Waals surface area contributed by atoms with Gasteiger partial charge in [-0.05, 0) is 31.2 Å². The average Bonchev–Trinajstić information content (AvgIpc) is 3.35. The van der Waals surface area contributed by atoms with Gasteiger partial charge in [-0.25, -0.2) is 8.42 Å². The molecule has 1 saturated heterocycles. The number of rotatable bonds is 5. The molecule has 0 unspecified atom stereocenters. The van der Waals surface area contributed by atoms with Gasteiger partial charge in [-0.15, -0.1) is 11.3 Å². The van der Waals surface area contributed by atoms with Crippen molar-refractivity contribution in [2.24, 2.45) is 0 Å². The highest BCUT2D eigenvalue weighted by Crippen LogP contribution is 2.33. The van der Waals surface area contributed by atoms with E-state index in [-0.39, 0.29) is 22.5 Å². The topological polar surface area (TPSA) is 115 Å². The second-order valence-corrected chi connectivity index (χ2v) is 9.82. The Kier molecular flexibility index (Phi) is 5.78. The van der Waals surface area contributed by atoms with E-state index >= 15 is 0 Å². The summed E-state index contributed by atoms with van der Waals surface area (Å²) in [6.07, 6.45) is 0. The summed E-state index contributed by atoms with van der Waals surface area (Å²) in [4.78, 5) is 19.3. The first kappa shape index (κ1) is 20.8. The SMILES string of the molecule is Cc1sc(-c2noc(C(=O)N3CCOCC3)n2)cc1S(=O)(=O)Nc1cccc(Cl)c1. The van der Waals surface area contributed by atoms with Crippen molar-refractivity contribution in [1.29, 1.82) is 0 Å². The monoisotopic (exact) mass is 468 g/mol. The molecule has 0 spiro atoms. The zero-order chi connectivity index (χ0) is 21.3. The molecule has 1 amide bonds. The highest BCUT2D eigenvalue weighted by atomic mass is 35.5. The maximum absolute atomic E-state index is 12.8. The maximum atomic E-state index is 12.8. The molecule has 1 aromatic carbocycles. The molecule has 1 aliphatic rings. The summed E-state index contributed by atoms with van der Waals surface area (Å²) in [6.45, 7) is 3.49. The lowest BCUT2D eigenvalue weighted by Gasteiger charge is -2.25. The molecule has 0 saturated carbocycles. The molecule has 158 valence electrons. The molecule has 12 heteroatoms. The molecule has 1 N–H and O–H groups in total. The Labute approximate surface area is 181 Å². The lowest BCUT2D eigenvalue weighted by molar-refractivity contribution is 0.0272. The molecule has 0 bridgehead atoms. The van der Waals surface area contributed by atoms with E-state index in [4.69, 9.17) is 20.9 Å². The minimum Gasteiger partial charge on any atom is -0.378 e. The maximum Gasteiger partial charge on any atom is 0.316 e. The standard InChI is InChI=1S/C18H17ClN4O5S2/c1-11-15(30(25,26)22-13-4-2-3-12(19)9-13)10-14(29-11)16-20-17(28-21-16)18(24)23-5-7-27-8-6-23/h2-4,9-10,22H,5-8H2,1H3. The molecule has 4 rings (SSSR count). The molecule has 0 aliphatic carbocycles. The molecule has 3 aromatic rings. The largest absolute Gasteiger partial charge is 0.378 e. The summed E-state index contributed by atoms with van der Waals surface area (Å²) in [7, 11) is -3.85. The van der Waals surface area contributed by atoms with Gasteiger partial charge in [0, 0.05) is 23.0 Å². The van der Waals surface area contributed by atoms with E-state index in [0.29, 0.717) is 46.8 Å². The third-order valence-electron chi connectivity index (χ3n) is 4.37. The molecule has 0 atom stereocenters. The van der Waals surface area contributed by atoms with Crippen LogP contribution in [-0.2, 0) is 14.8 Å². The van der Waals surface area contributed by atoms with E-state index in [9.17, 15) is 13.2 Å². The van der Waals surface area contributed by atoms with Crippen molar-refractivity contribution in [3.8, 4) is 10.7 Å². The van der Waals surface area contributed by atoms with Gasteiger partial charge >= 0.3 is 11.8 Å². The van der Waals surface area contributed by atoms with E-state index in [1.165, 1.54) is 23.5 Å². The lowest BCUT2D eigenvalue weighted by Crippen LogP contribution is -2.40. The lowest BCUT2D eigenvalue weighted by atomic mass is 10.3. The normalized spacial score (nSPS) is 14.7. The second-order valence-electron chi connectivity index (χ2n) is 6.47. The predicted octanol–water partition coefficient (Wildman–Crippen LogP) is 3.03. The van der Waals surface area contributed by atoms with Crippen LogP contribution in [0, 0.1) is 6.92 Å². The summed E-state index contributed by atoms with van der Waals surface area (Å²) in [5.74, 6) is -0.357. The summed E-state index contributed by atoms with van der Waals surface area (Å²) in [6, 6.07) is 7.89. The number of aryl methyl sites for hydroxylation is 1. The fourth-order valence-electron chi connectivity index (χ4n) is 2.92. The Morgan fingerprint density at radius 3 is 2.77 bits per heavy atom. The van der Waals surface area contributed by atoms with Gasteiger partial charge in [0.15, 0.2) is 0 Å². The number of aromatic nitrogens is 2. The highest BCUT2D eigenvalue weighted by molar-refractivity contribution is 7.93. The molecule has 1 aliphatic heterocycles. The van der Waals surface area contributed by atoms with Gasteiger partial charge < -0.3 is 14.2 Å². The Hall–Kier alpha value is -2.47. The summed E-state index contributed by atoms with van der Waals surface area (Å²) in [5.41, 5.74) is 0.354. The van der Waals surface area contributed by atoms with Gasteiger partial charge in [-0.2, -0.15) is 4.98 Å². The number of nitrogens with zero attached hydrogens (tertiary/aromatic N) is 3. The van der Waals surface area contributed by atoms with Crippen LogP contribution in [0.3, 0.4) is 0 Å². The van der Waals surface area contributed by atoms with Crippen LogP contribution in [0.1, 0.15) is 15.6 Å². The Morgan fingerprint density at radius 1 is 1.27 bits per heavy atom. The summed E-state index contributed by atoms with van der Waals surface area (Å²) in [5, 5.41) is 4.27. The molecule has 30 heavy (non-hydrogen) atoms. The van der Waals surface area contributed by atoms with Gasteiger partial charge in [0.2, 0.25) is 5.82 Å². The van der Waals surface area contributed by atoms with E-state index in [0.717, 1.165) is 0 Å². The minimum absolute atomic E-state index is 0.0910. The minimum atomic E-state index is -3.85. The Bertz CT molecular complexity index is 1180. The van der Waals surface area contributed by atoms with Gasteiger partial charge in [-0.1, -0.05) is 22.8 Å². The van der Waals surface area contributed by atoms with Crippen LogP contribution in [0.2, 0.25) is 5.02 Å². The second kappa shape index (κ2) is 8.34. The van der Waals surface area contributed by atoms with Crippen LogP contribution in [-0.4, -0.2) is 55.7 Å². The van der Waals surface area contributed by atoms with Crippen LogP contribution in [0.15, 0.2) is 39.8 Å². The van der Waals surface area contributed by atoms with Gasteiger partial charge in [0.1, 0.15) is 4.90 Å². The van der Waals surface area contributed by atoms with Crippen molar-refractivity contribution in [2.45, 2.75) is 11.8 Å². The van der Waals surface area contributed by atoms with Gasteiger partial charge in [0.25, 0.3) is 10.0 Å². The van der Waals surface area contributed by atoms with Crippen molar-refractivity contribution in [3.05, 3.63) is 46.1 Å². The number of benzene rings is 1. The van der Waals surface area contributed by atoms with E-state index in [1.54, 1.807) is 30.0 Å². The molecule has 2 aromatic heterocycles. The summed E-state index contributed by atoms with van der Waals surface area (Å²) < 4.78 is 38.5. The number of carbonyl (C=O) groups is 1. The first-order chi connectivity index (χ1) is 14.3. The van der Waals surface area contributed by atoms with Crippen LogP contribution >= 0.6 is 22.9 Å². The number of sulfonamides is 1. The van der Waals surface area contributed by atoms with Crippen molar-refractivity contribution in [3.63, 3.8) is 0 Å². The number of ether oxygens (including phenoxy) is 1. The number of hydrogen-bond donors (Lipinski definition) is 1. The zero-order valence-electron chi connectivity index (χ0n) is 15.8. The first-order valence-corrected chi connectivity index (χ1v) is 11.6. The van der Waals surface area contributed by atoms with Gasteiger partial charge in [0.05, 0.1) is 23.8 Å². The van der Waals surface area contributed by atoms with E-state index < -0.39 is 10.0 Å².